The molecule has 0 bridgehead atoms. The van der Waals surface area contributed by atoms with E-state index >= 15 is 0 Å². The number of carboxylic acid groups (broad SMARTS) is 1. The fourth-order valence-corrected chi connectivity index (χ4v) is 2.99. The Morgan fingerprint density at radius 3 is 2.41 bits per heavy atom. The summed E-state index contributed by atoms with van der Waals surface area (Å²) in [5.74, 6) is -1.30. The highest BCUT2D eigenvalue weighted by atomic mass is 35.5. The molecule has 7 heteroatoms. The first-order chi connectivity index (χ1) is 10.3. The predicted octanol–water partition coefficient (Wildman–Crippen LogP) is 2.27. The topological polar surface area (TPSA) is 82.4 Å². The number of rotatable bonds is 5. The van der Waals surface area contributed by atoms with Crippen LogP contribution in [0.5, 0.6) is 0 Å². The SMILES string of the molecule is Cn1c(CC(=O)O)cc(Cl)c1C(=O)c1ccc([S+](C)[O-])cc1. The van der Waals surface area contributed by atoms with E-state index in [0.717, 1.165) is 0 Å². The van der Waals surface area contributed by atoms with Gasteiger partial charge in [-0.3, -0.25) is 9.59 Å². The van der Waals surface area contributed by atoms with Crippen LogP contribution in [0.4, 0.5) is 0 Å². The highest BCUT2D eigenvalue weighted by molar-refractivity contribution is 7.90. The summed E-state index contributed by atoms with van der Waals surface area (Å²) in [6, 6.07) is 7.90. The molecule has 0 fully saturated rings. The number of carboxylic acids is 1. The highest BCUT2D eigenvalue weighted by Crippen LogP contribution is 2.24. The second kappa shape index (κ2) is 6.56. The first-order valence-corrected chi connectivity index (χ1v) is 8.29. The Hall–Kier alpha value is -1.76. The van der Waals surface area contributed by atoms with Gasteiger partial charge in [-0.15, -0.1) is 0 Å². The van der Waals surface area contributed by atoms with Crippen LogP contribution in [0.25, 0.3) is 0 Å². The lowest BCUT2D eigenvalue weighted by Crippen LogP contribution is -2.12. The van der Waals surface area contributed by atoms with Crippen molar-refractivity contribution < 1.29 is 19.2 Å². The monoisotopic (exact) mass is 339 g/mol. The van der Waals surface area contributed by atoms with Gasteiger partial charge < -0.3 is 14.2 Å². The summed E-state index contributed by atoms with van der Waals surface area (Å²) in [5.41, 5.74) is 1.09. The van der Waals surface area contributed by atoms with Gasteiger partial charge >= 0.3 is 5.97 Å². The molecular weight excluding hydrogens is 326 g/mol. The van der Waals surface area contributed by atoms with Gasteiger partial charge in [-0.2, -0.15) is 0 Å². The lowest BCUT2D eigenvalue weighted by Gasteiger charge is -2.08. The molecule has 1 aromatic carbocycles. The van der Waals surface area contributed by atoms with E-state index in [-0.39, 0.29) is 22.9 Å². The molecule has 2 aromatic rings. The Morgan fingerprint density at radius 1 is 1.32 bits per heavy atom. The average molecular weight is 340 g/mol. The van der Waals surface area contributed by atoms with Crippen molar-refractivity contribution in [3.63, 3.8) is 0 Å². The molecule has 5 nitrogen and oxygen atoms in total. The predicted molar refractivity (Wildman–Crippen MR) is 84.0 cm³/mol. The molecule has 1 unspecified atom stereocenters. The minimum Gasteiger partial charge on any atom is -0.612 e. The molecule has 1 aromatic heterocycles. The molecule has 0 saturated carbocycles. The minimum atomic E-state index is -1.11. The van der Waals surface area contributed by atoms with Crippen molar-refractivity contribution in [2.24, 2.45) is 7.05 Å². The molecule has 0 spiro atoms. The molecule has 0 aliphatic rings. The first kappa shape index (κ1) is 16.6. The van der Waals surface area contributed by atoms with E-state index < -0.39 is 17.1 Å². The van der Waals surface area contributed by atoms with E-state index in [1.54, 1.807) is 37.6 Å². The fraction of sp³-hybridized carbons (Fsp3) is 0.200. The maximum atomic E-state index is 12.5. The van der Waals surface area contributed by atoms with Crippen molar-refractivity contribution in [3.8, 4) is 0 Å². The van der Waals surface area contributed by atoms with Crippen molar-refractivity contribution in [1.82, 2.24) is 4.57 Å². The number of hydrogen-bond donors (Lipinski definition) is 1. The van der Waals surface area contributed by atoms with Gasteiger partial charge in [-0.05, 0) is 41.5 Å². The van der Waals surface area contributed by atoms with E-state index in [4.69, 9.17) is 16.7 Å². The maximum absolute atomic E-state index is 12.5. The van der Waals surface area contributed by atoms with Crippen LogP contribution < -0.4 is 0 Å². The van der Waals surface area contributed by atoms with Crippen LogP contribution in [0.1, 0.15) is 21.7 Å². The second-order valence-corrected chi connectivity index (χ2v) is 6.56. The zero-order chi connectivity index (χ0) is 16.4. The number of halogens is 1. The fourth-order valence-electron chi connectivity index (χ4n) is 2.14. The number of ketones is 1. The summed E-state index contributed by atoms with van der Waals surface area (Å²) in [7, 11) is 1.60. The van der Waals surface area contributed by atoms with Crippen molar-refractivity contribution in [2.45, 2.75) is 11.3 Å². The molecule has 0 amide bonds. The van der Waals surface area contributed by atoms with Gasteiger partial charge in [0.15, 0.2) is 4.90 Å². The Balaban J connectivity index is 2.37. The summed E-state index contributed by atoms with van der Waals surface area (Å²) < 4.78 is 12.8. The maximum Gasteiger partial charge on any atom is 0.309 e. The van der Waals surface area contributed by atoms with Crippen molar-refractivity contribution in [1.29, 1.82) is 0 Å². The molecule has 116 valence electrons. The average Bonchev–Trinajstić information content (AvgIpc) is 2.72. The summed E-state index contributed by atoms with van der Waals surface area (Å²) in [4.78, 5) is 24.0. The third-order valence-electron chi connectivity index (χ3n) is 3.28. The van der Waals surface area contributed by atoms with E-state index in [0.29, 0.717) is 16.2 Å². The molecule has 0 aliphatic carbocycles. The summed E-state index contributed by atoms with van der Waals surface area (Å²) in [5, 5.41) is 9.07. The van der Waals surface area contributed by atoms with Gasteiger partial charge in [0.2, 0.25) is 5.78 Å². The zero-order valence-electron chi connectivity index (χ0n) is 12.0. The molecule has 0 aliphatic heterocycles. The van der Waals surface area contributed by atoms with Gasteiger partial charge in [0.05, 0.1) is 11.4 Å². The lowest BCUT2D eigenvalue weighted by atomic mass is 10.1. The lowest BCUT2D eigenvalue weighted by molar-refractivity contribution is -0.136. The number of benzene rings is 1. The van der Waals surface area contributed by atoms with Gasteiger partial charge in [0.25, 0.3) is 0 Å². The third-order valence-corrected chi connectivity index (χ3v) is 4.51. The van der Waals surface area contributed by atoms with E-state index in [2.05, 4.69) is 0 Å². The summed E-state index contributed by atoms with van der Waals surface area (Å²) in [6.45, 7) is 0. The third kappa shape index (κ3) is 3.35. The Morgan fingerprint density at radius 2 is 1.91 bits per heavy atom. The van der Waals surface area contributed by atoms with E-state index in [1.165, 1.54) is 10.6 Å². The van der Waals surface area contributed by atoms with Crippen molar-refractivity contribution in [2.75, 3.05) is 6.26 Å². The molecule has 0 radical (unpaired) electrons. The molecule has 22 heavy (non-hydrogen) atoms. The normalized spacial score (nSPS) is 12.2. The van der Waals surface area contributed by atoms with E-state index in [1.807, 2.05) is 0 Å². The quantitative estimate of drug-likeness (QED) is 0.669. The minimum absolute atomic E-state index is 0.211. The van der Waals surface area contributed by atoms with Gasteiger partial charge in [-0.25, -0.2) is 0 Å². The van der Waals surface area contributed by atoms with Crippen LogP contribution >= 0.6 is 11.6 Å². The number of carbonyl (C=O) groups excluding carboxylic acids is 1. The van der Waals surface area contributed by atoms with Crippen LogP contribution in [0.15, 0.2) is 35.2 Å². The smallest absolute Gasteiger partial charge is 0.309 e. The Labute approximate surface area is 135 Å². The molecular formula is C15H14ClNO4S. The molecule has 0 saturated heterocycles. The first-order valence-electron chi connectivity index (χ1n) is 6.35. The summed E-state index contributed by atoms with van der Waals surface area (Å²) >= 11 is 4.96. The number of hydrogen-bond acceptors (Lipinski definition) is 3. The van der Waals surface area contributed by atoms with Crippen molar-refractivity contribution in [3.05, 3.63) is 52.3 Å². The standard InChI is InChI=1S/C15H14ClNO4S/c1-17-10(8-13(18)19)7-12(16)14(17)15(20)9-3-5-11(6-4-9)22(2)21/h3-7H,8H2,1-2H3,(H,18,19). The molecule has 2 rings (SSSR count). The van der Waals surface area contributed by atoms with Crippen LogP contribution in [-0.4, -0.2) is 32.2 Å². The zero-order valence-corrected chi connectivity index (χ0v) is 13.6. The number of aliphatic carboxylic acids is 1. The number of aromatic nitrogens is 1. The van der Waals surface area contributed by atoms with Gasteiger partial charge in [0.1, 0.15) is 11.9 Å². The number of carbonyl (C=O) groups is 2. The van der Waals surface area contributed by atoms with Crippen LogP contribution in [0.3, 0.4) is 0 Å². The van der Waals surface area contributed by atoms with Crippen LogP contribution in [0, 0.1) is 0 Å². The Bertz CT molecular complexity index is 722. The van der Waals surface area contributed by atoms with Gasteiger partial charge in [0, 0.05) is 18.3 Å². The molecule has 1 heterocycles. The van der Waals surface area contributed by atoms with E-state index in [9.17, 15) is 14.1 Å². The van der Waals surface area contributed by atoms with Crippen molar-refractivity contribution >= 4 is 34.5 Å². The largest absolute Gasteiger partial charge is 0.612 e. The van der Waals surface area contributed by atoms with Crippen LogP contribution in [-0.2, 0) is 29.4 Å². The van der Waals surface area contributed by atoms with Crippen LogP contribution in [0.2, 0.25) is 5.02 Å². The Kier molecular flexibility index (Phi) is 4.95. The molecule has 1 N–H and O–H groups in total. The molecule has 1 atom stereocenters. The number of nitrogens with zero attached hydrogens (tertiary/aromatic N) is 1. The summed E-state index contributed by atoms with van der Waals surface area (Å²) in [6.07, 6.45) is 1.35. The second-order valence-electron chi connectivity index (χ2n) is 4.77. The highest BCUT2D eigenvalue weighted by Gasteiger charge is 2.21. The van der Waals surface area contributed by atoms with Gasteiger partial charge in [-0.1, -0.05) is 11.6 Å².